The van der Waals surface area contributed by atoms with Crippen LogP contribution in [0, 0.1) is 11.8 Å². The number of aliphatic hydroxyl groups excluding tert-OH is 3. The Morgan fingerprint density at radius 1 is 1.21 bits per heavy atom. The maximum absolute atomic E-state index is 12.3. The highest BCUT2D eigenvalue weighted by atomic mass is 16.5. The van der Waals surface area contributed by atoms with Crippen LogP contribution in [0.25, 0.3) is 0 Å². The molecule has 0 aromatic carbocycles. The van der Waals surface area contributed by atoms with Gasteiger partial charge in [0.25, 0.3) is 5.56 Å². The van der Waals surface area contributed by atoms with E-state index in [0.29, 0.717) is 43.2 Å². The number of likely N-dealkylation sites (tertiary alicyclic amines) is 1. The number of unbranched alkanes of at least 4 members (excludes halogenated alkanes) is 1. The number of nitrogens with zero attached hydrogens (tertiary/aromatic N) is 2. The van der Waals surface area contributed by atoms with Crippen LogP contribution in [-0.4, -0.2) is 86.5 Å². The fraction of sp³-hybridized carbons (Fsp3) is 0.833. The second-order valence-electron chi connectivity index (χ2n) is 10.4. The summed E-state index contributed by atoms with van der Waals surface area (Å²) in [5.41, 5.74) is 4.98. The van der Waals surface area contributed by atoms with Crippen molar-refractivity contribution in [3.05, 3.63) is 32.6 Å². The molecule has 6 N–H and O–H groups in total. The smallest absolute Gasteiger partial charge is 0.328 e. The van der Waals surface area contributed by atoms with Crippen molar-refractivity contribution in [2.24, 2.45) is 17.6 Å². The number of aryl methyl sites for hydroxylation is 1. The molecule has 2 fully saturated rings. The summed E-state index contributed by atoms with van der Waals surface area (Å²) in [6.45, 7) is 5.86. The van der Waals surface area contributed by atoms with Crippen LogP contribution in [0.1, 0.15) is 51.5 Å². The van der Waals surface area contributed by atoms with E-state index in [4.69, 9.17) is 10.5 Å². The van der Waals surface area contributed by atoms with Gasteiger partial charge >= 0.3 is 5.69 Å². The molecule has 10 nitrogen and oxygen atoms in total. The molecule has 1 aromatic rings. The van der Waals surface area contributed by atoms with Crippen LogP contribution in [0.5, 0.6) is 0 Å². The van der Waals surface area contributed by atoms with Gasteiger partial charge in [-0.15, -0.1) is 0 Å². The Morgan fingerprint density at radius 2 is 1.91 bits per heavy atom. The van der Waals surface area contributed by atoms with Gasteiger partial charge in [0, 0.05) is 24.3 Å². The zero-order chi connectivity index (χ0) is 25.0. The first-order chi connectivity index (χ1) is 16.1. The molecule has 34 heavy (non-hydrogen) atoms. The molecule has 3 heterocycles. The van der Waals surface area contributed by atoms with Crippen LogP contribution in [0.3, 0.4) is 0 Å². The van der Waals surface area contributed by atoms with Gasteiger partial charge in [-0.25, -0.2) is 4.79 Å². The molecule has 2 aliphatic heterocycles. The highest BCUT2D eigenvalue weighted by Crippen LogP contribution is 2.31. The van der Waals surface area contributed by atoms with Crippen molar-refractivity contribution in [1.82, 2.24) is 14.5 Å². The molecule has 1 aromatic heterocycles. The van der Waals surface area contributed by atoms with E-state index in [0.717, 1.165) is 25.8 Å². The van der Waals surface area contributed by atoms with E-state index >= 15 is 0 Å². The molecule has 8 atom stereocenters. The van der Waals surface area contributed by atoms with E-state index in [-0.39, 0.29) is 12.6 Å². The number of aromatic nitrogens is 2. The topological polar surface area (TPSA) is 154 Å². The van der Waals surface area contributed by atoms with E-state index in [1.165, 1.54) is 10.8 Å². The number of H-pyrrole nitrogens is 1. The molecule has 0 radical (unpaired) electrons. The predicted molar refractivity (Wildman–Crippen MR) is 129 cm³/mol. The van der Waals surface area contributed by atoms with Crippen molar-refractivity contribution in [2.45, 2.75) is 95.5 Å². The summed E-state index contributed by atoms with van der Waals surface area (Å²) in [5.74, 6) is 0.958. The molecule has 0 amide bonds. The zero-order valence-electron chi connectivity index (χ0n) is 20.6. The van der Waals surface area contributed by atoms with Gasteiger partial charge in [-0.1, -0.05) is 13.8 Å². The van der Waals surface area contributed by atoms with E-state index in [2.05, 4.69) is 23.7 Å². The minimum atomic E-state index is -1.17. The van der Waals surface area contributed by atoms with E-state index in [1.807, 2.05) is 7.05 Å². The summed E-state index contributed by atoms with van der Waals surface area (Å²) in [6.07, 6.45) is 1.14. The van der Waals surface area contributed by atoms with Gasteiger partial charge in [-0.2, -0.15) is 0 Å². The number of aliphatic hydroxyl groups is 3. The van der Waals surface area contributed by atoms with Gasteiger partial charge in [0.05, 0.1) is 18.8 Å². The Kier molecular flexibility index (Phi) is 9.48. The fourth-order valence-electron chi connectivity index (χ4n) is 5.81. The van der Waals surface area contributed by atoms with Gasteiger partial charge in [0.2, 0.25) is 0 Å². The van der Waals surface area contributed by atoms with Crippen LogP contribution in [0.15, 0.2) is 15.8 Å². The maximum Gasteiger partial charge on any atom is 0.328 e. The molecule has 0 spiro atoms. The van der Waals surface area contributed by atoms with Crippen LogP contribution >= 0.6 is 0 Å². The minimum absolute atomic E-state index is 0.0110. The summed E-state index contributed by atoms with van der Waals surface area (Å²) in [7, 11) is 2.03. The molecule has 2 aliphatic rings. The summed E-state index contributed by atoms with van der Waals surface area (Å²) in [5, 5.41) is 32.0. The predicted octanol–water partition coefficient (Wildman–Crippen LogP) is -0.575. The van der Waals surface area contributed by atoms with Crippen molar-refractivity contribution in [1.29, 1.82) is 0 Å². The number of ether oxygens (including phenoxy) is 1. The molecule has 10 heteroatoms. The minimum Gasteiger partial charge on any atom is -0.391 e. The molecule has 0 bridgehead atoms. The Balaban J connectivity index is 1.60. The summed E-state index contributed by atoms with van der Waals surface area (Å²) in [4.78, 5) is 28.9. The second kappa shape index (κ2) is 11.9. The zero-order valence-corrected chi connectivity index (χ0v) is 20.6. The second-order valence-corrected chi connectivity index (χ2v) is 10.4. The number of hydrogen-bond acceptors (Lipinski definition) is 8. The normalized spacial score (nSPS) is 33.3. The highest BCUT2D eigenvalue weighted by molar-refractivity contribution is 5.05. The molecule has 0 saturated carbocycles. The first-order valence-corrected chi connectivity index (χ1v) is 12.5. The number of hydrogen-bond donors (Lipinski definition) is 5. The van der Waals surface area contributed by atoms with Gasteiger partial charge in [0.1, 0.15) is 18.3 Å². The van der Waals surface area contributed by atoms with Crippen LogP contribution in [0.4, 0.5) is 0 Å². The summed E-state index contributed by atoms with van der Waals surface area (Å²) < 4.78 is 7.25. The quantitative estimate of drug-likeness (QED) is 0.278. The largest absolute Gasteiger partial charge is 0.391 e. The third-order valence-electron chi connectivity index (χ3n) is 7.43. The molecule has 2 saturated heterocycles. The molecule has 8 unspecified atom stereocenters. The average Bonchev–Trinajstić information content (AvgIpc) is 3.02. The van der Waals surface area contributed by atoms with Gasteiger partial charge in [0.15, 0.2) is 0 Å². The lowest BCUT2D eigenvalue weighted by molar-refractivity contribution is -0.0340. The Morgan fingerprint density at radius 3 is 2.59 bits per heavy atom. The monoisotopic (exact) mass is 482 g/mol. The van der Waals surface area contributed by atoms with Crippen molar-refractivity contribution in [3.8, 4) is 0 Å². The van der Waals surface area contributed by atoms with Crippen molar-refractivity contribution in [2.75, 3.05) is 20.1 Å². The first-order valence-electron chi connectivity index (χ1n) is 12.5. The fourth-order valence-corrected chi connectivity index (χ4v) is 5.81. The van der Waals surface area contributed by atoms with E-state index < -0.39 is 41.8 Å². The van der Waals surface area contributed by atoms with E-state index in [1.54, 1.807) is 0 Å². The molecule has 3 rings (SSSR count). The maximum atomic E-state index is 12.3. The number of nitrogens with one attached hydrogen (secondary N) is 1. The molecular formula is C24H42N4O6. The van der Waals surface area contributed by atoms with Crippen molar-refractivity contribution >= 4 is 0 Å². The van der Waals surface area contributed by atoms with Crippen molar-refractivity contribution < 1.29 is 20.1 Å². The third-order valence-corrected chi connectivity index (χ3v) is 7.43. The number of piperidine rings is 1. The van der Waals surface area contributed by atoms with Gasteiger partial charge < -0.3 is 30.7 Å². The summed E-state index contributed by atoms with van der Waals surface area (Å²) in [6, 6.07) is 0.0490. The number of rotatable bonds is 10. The van der Waals surface area contributed by atoms with Crippen LogP contribution < -0.4 is 17.0 Å². The lowest BCUT2D eigenvalue weighted by atomic mass is 9.81. The van der Waals surface area contributed by atoms with Crippen molar-refractivity contribution in [3.63, 3.8) is 0 Å². The molecule has 0 aliphatic carbocycles. The highest BCUT2D eigenvalue weighted by Gasteiger charge is 2.43. The molecule has 194 valence electrons. The number of nitrogens with two attached hydrogens (primary N) is 1. The van der Waals surface area contributed by atoms with Crippen LogP contribution in [0.2, 0.25) is 0 Å². The van der Waals surface area contributed by atoms with Gasteiger partial charge in [-0.05, 0) is 64.0 Å². The number of aromatic amines is 1. The average molecular weight is 483 g/mol. The van der Waals surface area contributed by atoms with Crippen LogP contribution in [-0.2, 0) is 17.7 Å². The molecular weight excluding hydrogens is 440 g/mol. The lowest BCUT2D eigenvalue weighted by Crippen LogP contribution is -2.51. The summed E-state index contributed by atoms with van der Waals surface area (Å²) >= 11 is 0. The standard InChI is InChI=1S/C24H42N4O6/c1-14-10-15(2)20(27(3)11-14)17(29)7-8-18-21(30)22(31)19(34-18)13-28-12-16(6-4-5-9-25)23(32)26-24(28)33/h12,14-15,17-22,29-31H,4-11,13,25H2,1-3H3,(H,26,32,33). The Labute approximate surface area is 200 Å². The van der Waals surface area contributed by atoms with E-state index in [9.17, 15) is 24.9 Å². The first kappa shape index (κ1) is 27.0. The SMILES string of the molecule is CC1CC(C)C(C(O)CCC2OC(Cn3cc(CCCCN)c(=O)[nH]c3=O)C(O)C2O)N(C)C1. The Hall–Kier alpha value is -1.56. The third kappa shape index (κ3) is 6.35. The van der Waals surface area contributed by atoms with Gasteiger partial charge in [-0.3, -0.25) is 14.3 Å². The Bertz CT molecular complexity index is 892. The number of likely N-dealkylation sites (N-methyl/N-ethyl adjacent to an activating group) is 1. The lowest BCUT2D eigenvalue weighted by Gasteiger charge is -2.43.